The van der Waals surface area contributed by atoms with E-state index in [2.05, 4.69) is 0 Å². The van der Waals surface area contributed by atoms with Gasteiger partial charge in [-0.2, -0.15) is 0 Å². The molecule has 0 aliphatic carbocycles. The van der Waals surface area contributed by atoms with Crippen LogP contribution in [0.3, 0.4) is 0 Å². The maximum atomic E-state index is 13.0. The average molecular weight is 413 g/mol. The molecule has 0 aromatic heterocycles. The van der Waals surface area contributed by atoms with Crippen molar-refractivity contribution >= 4 is 11.9 Å². The molecule has 0 radical (unpaired) electrons. The van der Waals surface area contributed by atoms with Gasteiger partial charge in [-0.15, -0.1) is 0 Å². The van der Waals surface area contributed by atoms with E-state index >= 15 is 0 Å². The van der Waals surface area contributed by atoms with Crippen LogP contribution in [0.25, 0.3) is 0 Å². The first-order valence-corrected chi connectivity index (χ1v) is 9.68. The van der Waals surface area contributed by atoms with Gasteiger partial charge in [-0.3, -0.25) is 0 Å². The Labute approximate surface area is 170 Å². The maximum Gasteiger partial charge on any atom is 0.344 e. The smallest absolute Gasteiger partial charge is 0.344 e. The van der Waals surface area contributed by atoms with Crippen LogP contribution in [-0.4, -0.2) is 81.1 Å². The van der Waals surface area contributed by atoms with Gasteiger partial charge >= 0.3 is 11.9 Å². The van der Waals surface area contributed by atoms with E-state index in [0.717, 1.165) is 0 Å². The number of rotatable bonds is 7. The van der Waals surface area contributed by atoms with E-state index in [4.69, 9.17) is 9.47 Å². The lowest BCUT2D eigenvalue weighted by Crippen LogP contribution is -2.63. The molecule has 0 spiro atoms. The zero-order chi connectivity index (χ0) is 22.2. The van der Waals surface area contributed by atoms with Crippen LogP contribution in [0, 0.1) is 5.21 Å². The zero-order valence-corrected chi connectivity index (χ0v) is 17.5. The average Bonchev–Trinajstić information content (AvgIpc) is 3.12. The van der Waals surface area contributed by atoms with Gasteiger partial charge in [-0.25, -0.2) is 9.59 Å². The molecule has 9 heteroatoms. The first-order chi connectivity index (χ1) is 13.3. The fourth-order valence-corrected chi connectivity index (χ4v) is 3.89. The van der Waals surface area contributed by atoms with Gasteiger partial charge in [0, 0.05) is 17.6 Å². The van der Waals surface area contributed by atoms with Gasteiger partial charge in [0.05, 0.1) is 19.2 Å². The number of hydrogen-bond donors (Lipinski definition) is 3. The van der Waals surface area contributed by atoms with Crippen molar-refractivity contribution < 1.29 is 39.0 Å². The Kier molecular flexibility index (Phi) is 6.61. The number of aliphatic hydroxyl groups excluding tert-OH is 1. The number of ether oxygens (including phenoxy) is 2. The maximum absolute atomic E-state index is 13.0. The van der Waals surface area contributed by atoms with Crippen LogP contribution in [-0.2, 0) is 19.1 Å². The van der Waals surface area contributed by atoms with E-state index in [9.17, 15) is 30.1 Å². The molecule has 0 aromatic rings. The summed E-state index contributed by atoms with van der Waals surface area (Å²) in [5.74, 6) is -1.70. The molecule has 1 saturated heterocycles. The predicted molar refractivity (Wildman–Crippen MR) is 103 cm³/mol. The van der Waals surface area contributed by atoms with Gasteiger partial charge in [0.25, 0.3) is 0 Å². The van der Waals surface area contributed by atoms with Crippen molar-refractivity contribution in [3.05, 3.63) is 28.5 Å². The van der Waals surface area contributed by atoms with Crippen molar-refractivity contribution in [2.45, 2.75) is 70.5 Å². The molecule has 2 aliphatic heterocycles. The van der Waals surface area contributed by atoms with Crippen molar-refractivity contribution in [2.75, 3.05) is 19.7 Å². The van der Waals surface area contributed by atoms with Crippen LogP contribution in [0.5, 0.6) is 0 Å². The first-order valence-electron chi connectivity index (χ1n) is 9.68. The number of hydrogen-bond acceptors (Lipinski definition) is 8. The summed E-state index contributed by atoms with van der Waals surface area (Å²) in [4.78, 5) is 24.6. The third kappa shape index (κ3) is 4.24. The Balaban J connectivity index is 2.13. The summed E-state index contributed by atoms with van der Waals surface area (Å²) in [5, 5.41) is 43.5. The normalized spacial score (nSPS) is 30.2. The Hall–Kier alpha value is -1.78. The molecule has 0 amide bonds. The number of carbonyl (C=O) groups is 2. The summed E-state index contributed by atoms with van der Waals surface area (Å²) in [6.45, 7) is 7.00. The van der Waals surface area contributed by atoms with Gasteiger partial charge in [0.15, 0.2) is 12.1 Å². The second kappa shape index (κ2) is 8.16. The highest BCUT2D eigenvalue weighted by molar-refractivity contribution is 5.87. The Morgan fingerprint density at radius 2 is 2.03 bits per heavy atom. The molecule has 164 valence electrons. The van der Waals surface area contributed by atoms with Crippen LogP contribution in [0.4, 0.5) is 0 Å². The number of hydroxylamine groups is 3. The van der Waals surface area contributed by atoms with Crippen molar-refractivity contribution in [1.82, 2.24) is 0 Å². The van der Waals surface area contributed by atoms with Gasteiger partial charge in [0.1, 0.15) is 12.2 Å². The zero-order valence-electron chi connectivity index (χ0n) is 17.5. The summed E-state index contributed by atoms with van der Waals surface area (Å²) in [7, 11) is 0. The topological polar surface area (TPSA) is 136 Å². The fourth-order valence-electron chi connectivity index (χ4n) is 3.89. The molecule has 1 fully saturated rings. The van der Waals surface area contributed by atoms with E-state index < -0.39 is 46.0 Å². The van der Waals surface area contributed by atoms with E-state index in [1.807, 2.05) is 0 Å². The standard InChI is InChI=1S/C20H31NO8/c1-6-12(2)17(23)29-15-8-10-21(27)9-7-14(16(15)21)11-28-18(24)20(26,13(3)22)19(4,5)25/h6-7,13,15-16,22,25-26H,8-11H2,1-5H3. The molecule has 9 nitrogen and oxygen atoms in total. The molecular weight excluding hydrogens is 382 g/mol. The van der Waals surface area contributed by atoms with Crippen LogP contribution >= 0.6 is 0 Å². The van der Waals surface area contributed by atoms with Crippen molar-refractivity contribution in [1.29, 1.82) is 0 Å². The number of nitrogens with zero attached hydrogens (tertiary/aromatic N) is 1. The molecule has 0 saturated carbocycles. The van der Waals surface area contributed by atoms with E-state index in [1.54, 1.807) is 26.0 Å². The van der Waals surface area contributed by atoms with Gasteiger partial charge < -0.3 is 34.6 Å². The van der Waals surface area contributed by atoms with Crippen LogP contribution in [0.15, 0.2) is 23.3 Å². The van der Waals surface area contributed by atoms with E-state index in [-0.39, 0.29) is 19.7 Å². The van der Waals surface area contributed by atoms with Crippen molar-refractivity contribution in [2.24, 2.45) is 0 Å². The van der Waals surface area contributed by atoms with Crippen LogP contribution in [0.1, 0.15) is 41.0 Å². The quantitative estimate of drug-likeness (QED) is 0.178. The summed E-state index contributed by atoms with van der Waals surface area (Å²) < 4.78 is 10.1. The monoisotopic (exact) mass is 413 g/mol. The molecule has 0 aromatic carbocycles. The molecule has 29 heavy (non-hydrogen) atoms. The lowest BCUT2D eigenvalue weighted by atomic mass is 9.81. The molecule has 2 rings (SSSR count). The summed E-state index contributed by atoms with van der Waals surface area (Å²) >= 11 is 0. The first kappa shape index (κ1) is 23.5. The molecule has 2 aliphatic rings. The molecular formula is C20H31NO8. The number of aliphatic hydroxyl groups is 3. The number of quaternary nitrogens is 1. The highest BCUT2D eigenvalue weighted by Crippen LogP contribution is 2.38. The predicted octanol–water partition coefficient (Wildman–Crippen LogP) is 0.317. The highest BCUT2D eigenvalue weighted by atomic mass is 16.6. The third-order valence-corrected chi connectivity index (χ3v) is 5.93. The molecule has 2 heterocycles. The van der Waals surface area contributed by atoms with Crippen LogP contribution in [0.2, 0.25) is 0 Å². The van der Waals surface area contributed by atoms with Crippen molar-refractivity contribution in [3.63, 3.8) is 0 Å². The highest BCUT2D eigenvalue weighted by Gasteiger charge is 2.55. The minimum absolute atomic E-state index is 0.167. The SMILES string of the molecule is CC=C(C)C(=O)OC1CC[N+]2([O-])CC=C(COC(=O)C(O)(C(C)O)C(C)(C)O)C12. The minimum atomic E-state index is -2.54. The lowest BCUT2D eigenvalue weighted by molar-refractivity contribution is -0.877. The summed E-state index contributed by atoms with van der Waals surface area (Å²) in [5.41, 5.74) is -3.58. The van der Waals surface area contributed by atoms with E-state index in [1.165, 1.54) is 20.8 Å². The largest absolute Gasteiger partial charge is 0.632 e. The Morgan fingerprint density at radius 3 is 2.55 bits per heavy atom. The number of fused-ring (bicyclic) bond motifs is 1. The minimum Gasteiger partial charge on any atom is -0.632 e. The third-order valence-electron chi connectivity index (χ3n) is 5.93. The summed E-state index contributed by atoms with van der Waals surface area (Å²) in [6, 6.07) is -0.696. The summed E-state index contributed by atoms with van der Waals surface area (Å²) in [6.07, 6.45) is 1.43. The van der Waals surface area contributed by atoms with Crippen LogP contribution < -0.4 is 0 Å². The molecule has 0 bridgehead atoms. The number of allylic oxidation sites excluding steroid dienone is 1. The lowest BCUT2D eigenvalue weighted by Gasteiger charge is -2.41. The Morgan fingerprint density at radius 1 is 1.41 bits per heavy atom. The number of carbonyl (C=O) groups excluding carboxylic acids is 2. The fraction of sp³-hybridized carbons (Fsp3) is 0.700. The Bertz CT molecular complexity index is 722. The molecule has 5 atom stereocenters. The van der Waals surface area contributed by atoms with E-state index in [0.29, 0.717) is 17.6 Å². The van der Waals surface area contributed by atoms with Gasteiger partial charge in [-0.1, -0.05) is 6.08 Å². The number of esters is 2. The molecule has 5 unspecified atom stereocenters. The molecule has 3 N–H and O–H groups in total. The van der Waals surface area contributed by atoms with Gasteiger partial charge in [-0.05, 0) is 40.7 Å². The van der Waals surface area contributed by atoms with Gasteiger partial charge in [0.2, 0.25) is 5.60 Å². The second-order valence-electron chi connectivity index (χ2n) is 8.36. The second-order valence-corrected chi connectivity index (χ2v) is 8.36. The van der Waals surface area contributed by atoms with Crippen molar-refractivity contribution in [3.8, 4) is 0 Å².